The van der Waals surface area contributed by atoms with Crippen LogP contribution in [0.4, 0.5) is 14.6 Å². The van der Waals surface area contributed by atoms with E-state index in [9.17, 15) is 13.9 Å². The molecule has 0 aliphatic rings. The number of aromatic nitrogens is 1. The Balaban J connectivity index is 3.32. The summed E-state index contributed by atoms with van der Waals surface area (Å²) < 4.78 is 24.8. The summed E-state index contributed by atoms with van der Waals surface area (Å²) in [5.41, 5.74) is 4.96. The summed E-state index contributed by atoms with van der Waals surface area (Å²) in [6.07, 6.45) is -1.54. The van der Waals surface area contributed by atoms with Gasteiger partial charge in [0.05, 0.1) is 5.56 Å². The van der Waals surface area contributed by atoms with Crippen LogP contribution in [0.5, 0.6) is 5.75 Å². The number of nitrogen functional groups attached to an aromatic ring is 1. The molecule has 3 N–H and O–H groups in total. The maximum Gasteiger partial charge on any atom is 0.267 e. The number of nitrogens with zero attached hydrogens (tertiary/aromatic N) is 1. The summed E-state index contributed by atoms with van der Waals surface area (Å²) in [6.45, 7) is 0. The molecule has 0 spiro atoms. The average Bonchev–Trinajstić information content (AvgIpc) is 2.08. The van der Waals surface area contributed by atoms with Gasteiger partial charge in [-0.15, -0.1) is 0 Å². The van der Waals surface area contributed by atoms with E-state index in [0.717, 1.165) is 0 Å². The van der Waals surface area contributed by atoms with Crippen LogP contribution in [0, 0.1) is 0 Å². The molecule has 0 amide bonds. The lowest BCUT2D eigenvalue weighted by atomic mass is 10.1. The molecule has 0 radical (unpaired) electrons. The molecule has 0 aliphatic heterocycles. The Morgan fingerprint density at radius 2 is 2.23 bits per heavy atom. The highest BCUT2D eigenvalue weighted by Gasteiger charge is 2.19. The quantitative estimate of drug-likeness (QED) is 0.794. The molecule has 0 fully saturated rings. The molecule has 0 atom stereocenters. The fourth-order valence-electron chi connectivity index (χ4n) is 0.918. The molecule has 1 heterocycles. The molecule has 0 saturated heterocycles. The van der Waals surface area contributed by atoms with Crippen molar-refractivity contribution in [1.29, 1.82) is 0 Å². The summed E-state index contributed by atoms with van der Waals surface area (Å²) in [5, 5.41) is 9.39. The van der Waals surface area contributed by atoms with E-state index in [2.05, 4.69) is 20.9 Å². The van der Waals surface area contributed by atoms with Gasteiger partial charge >= 0.3 is 0 Å². The minimum atomic E-state index is -2.75. The van der Waals surface area contributed by atoms with Crippen LogP contribution in [-0.2, 0) is 5.33 Å². The van der Waals surface area contributed by atoms with E-state index in [0.29, 0.717) is 0 Å². The molecule has 0 aliphatic carbocycles. The first kappa shape index (κ1) is 10.2. The van der Waals surface area contributed by atoms with Crippen LogP contribution in [0.25, 0.3) is 0 Å². The van der Waals surface area contributed by atoms with Crippen LogP contribution in [0.2, 0.25) is 0 Å². The van der Waals surface area contributed by atoms with Gasteiger partial charge in [-0.1, -0.05) is 15.9 Å². The van der Waals surface area contributed by atoms with Crippen LogP contribution in [0.1, 0.15) is 17.6 Å². The molecule has 6 heteroatoms. The third-order valence-electron chi connectivity index (χ3n) is 1.57. The molecule has 0 unspecified atom stereocenters. The standard InChI is InChI=1S/C7H7BrF2N2O/c8-1-3-2-12-7(11)5(13)4(3)6(9)10/h2,6,13H,1H2,(H2,11,12). The van der Waals surface area contributed by atoms with Crippen molar-refractivity contribution in [3.05, 3.63) is 17.3 Å². The molecule has 3 nitrogen and oxygen atoms in total. The van der Waals surface area contributed by atoms with Crippen LogP contribution in [0.3, 0.4) is 0 Å². The van der Waals surface area contributed by atoms with Crippen molar-refractivity contribution in [3.63, 3.8) is 0 Å². The Hall–Kier alpha value is -0.910. The van der Waals surface area contributed by atoms with Gasteiger partial charge in [-0.3, -0.25) is 0 Å². The third kappa shape index (κ3) is 1.88. The van der Waals surface area contributed by atoms with Gasteiger partial charge in [0, 0.05) is 11.5 Å². The highest BCUT2D eigenvalue weighted by molar-refractivity contribution is 9.08. The molecule has 1 aromatic rings. The number of anilines is 1. The van der Waals surface area contributed by atoms with Gasteiger partial charge < -0.3 is 10.8 Å². The van der Waals surface area contributed by atoms with Gasteiger partial charge in [-0.05, 0) is 5.56 Å². The molecular formula is C7H7BrF2N2O. The van der Waals surface area contributed by atoms with Crippen molar-refractivity contribution in [1.82, 2.24) is 4.98 Å². The minimum Gasteiger partial charge on any atom is -0.504 e. The van der Waals surface area contributed by atoms with Crippen LogP contribution in [-0.4, -0.2) is 10.1 Å². The first-order chi connectivity index (χ1) is 6.07. The number of nitrogens with two attached hydrogens (primary N) is 1. The first-order valence-corrected chi connectivity index (χ1v) is 4.50. The number of alkyl halides is 3. The molecule has 1 rings (SSSR count). The molecule has 0 saturated carbocycles. The van der Waals surface area contributed by atoms with Gasteiger partial charge in [-0.25, -0.2) is 13.8 Å². The summed E-state index contributed by atoms with van der Waals surface area (Å²) >= 11 is 3.01. The van der Waals surface area contributed by atoms with Gasteiger partial charge in [-0.2, -0.15) is 0 Å². The summed E-state index contributed by atoms with van der Waals surface area (Å²) in [5.74, 6) is -0.910. The number of halogens is 3. The zero-order valence-electron chi connectivity index (χ0n) is 6.47. The van der Waals surface area contributed by atoms with Gasteiger partial charge in [0.2, 0.25) is 0 Å². The average molecular weight is 253 g/mol. The number of pyridine rings is 1. The normalized spacial score (nSPS) is 10.8. The molecule has 0 aromatic carbocycles. The lowest BCUT2D eigenvalue weighted by Crippen LogP contribution is -1.99. The van der Waals surface area contributed by atoms with E-state index in [1.807, 2.05) is 0 Å². The lowest BCUT2D eigenvalue weighted by molar-refractivity contribution is 0.146. The number of hydrogen-bond acceptors (Lipinski definition) is 3. The van der Waals surface area contributed by atoms with E-state index >= 15 is 0 Å². The highest BCUT2D eigenvalue weighted by atomic mass is 79.9. The lowest BCUT2D eigenvalue weighted by Gasteiger charge is -2.09. The van der Waals surface area contributed by atoms with Crippen LogP contribution in [0.15, 0.2) is 6.20 Å². The number of hydrogen-bond donors (Lipinski definition) is 2. The Bertz CT molecular complexity index is 320. The van der Waals surface area contributed by atoms with Crippen molar-refractivity contribution < 1.29 is 13.9 Å². The van der Waals surface area contributed by atoms with Crippen molar-refractivity contribution >= 4 is 21.7 Å². The Kier molecular flexibility index (Phi) is 3.02. The maximum absolute atomic E-state index is 12.4. The first-order valence-electron chi connectivity index (χ1n) is 3.38. The SMILES string of the molecule is Nc1ncc(CBr)c(C(F)F)c1O. The van der Waals surface area contributed by atoms with E-state index in [4.69, 9.17) is 5.73 Å². The summed E-state index contributed by atoms with van der Waals surface area (Å²) in [6, 6.07) is 0. The van der Waals surface area contributed by atoms with Gasteiger partial charge in [0.25, 0.3) is 6.43 Å². The zero-order chi connectivity index (χ0) is 10.0. The highest BCUT2D eigenvalue weighted by Crippen LogP contribution is 2.35. The second-order valence-corrected chi connectivity index (χ2v) is 2.93. The summed E-state index contributed by atoms with van der Waals surface area (Å²) in [7, 11) is 0. The van der Waals surface area contributed by atoms with E-state index in [1.54, 1.807) is 0 Å². The van der Waals surface area contributed by atoms with Crippen LogP contribution >= 0.6 is 15.9 Å². The fourth-order valence-corrected chi connectivity index (χ4v) is 1.37. The van der Waals surface area contributed by atoms with E-state index in [1.165, 1.54) is 6.20 Å². The molecule has 0 bridgehead atoms. The number of aromatic hydroxyl groups is 1. The Labute approximate surface area is 81.7 Å². The Morgan fingerprint density at radius 3 is 2.69 bits per heavy atom. The van der Waals surface area contributed by atoms with Gasteiger partial charge in [0.1, 0.15) is 0 Å². The molecule has 1 aromatic heterocycles. The molecule has 13 heavy (non-hydrogen) atoms. The van der Waals surface area contributed by atoms with E-state index < -0.39 is 17.7 Å². The van der Waals surface area contributed by atoms with E-state index in [-0.39, 0.29) is 16.7 Å². The molecule has 72 valence electrons. The zero-order valence-corrected chi connectivity index (χ0v) is 8.05. The predicted molar refractivity (Wildman–Crippen MR) is 47.9 cm³/mol. The van der Waals surface area contributed by atoms with Crippen molar-refractivity contribution in [2.24, 2.45) is 0 Å². The van der Waals surface area contributed by atoms with Gasteiger partial charge in [0.15, 0.2) is 11.6 Å². The topological polar surface area (TPSA) is 59.1 Å². The van der Waals surface area contributed by atoms with Crippen LogP contribution < -0.4 is 5.73 Å². The molecular weight excluding hydrogens is 246 g/mol. The minimum absolute atomic E-state index is 0.202. The second-order valence-electron chi connectivity index (χ2n) is 2.37. The smallest absolute Gasteiger partial charge is 0.267 e. The third-order valence-corrected chi connectivity index (χ3v) is 2.17. The number of rotatable bonds is 2. The predicted octanol–water partition coefficient (Wildman–Crippen LogP) is 2.20. The second kappa shape index (κ2) is 3.87. The van der Waals surface area contributed by atoms with Crippen molar-refractivity contribution in [3.8, 4) is 5.75 Å². The monoisotopic (exact) mass is 252 g/mol. The fraction of sp³-hybridized carbons (Fsp3) is 0.286. The maximum atomic E-state index is 12.4. The van der Waals surface area contributed by atoms with Crippen molar-refractivity contribution in [2.45, 2.75) is 11.8 Å². The van der Waals surface area contributed by atoms with Crippen molar-refractivity contribution in [2.75, 3.05) is 5.73 Å². The summed E-state index contributed by atoms with van der Waals surface area (Å²) in [4.78, 5) is 3.56. The largest absolute Gasteiger partial charge is 0.504 e. The Morgan fingerprint density at radius 1 is 1.62 bits per heavy atom.